The van der Waals surface area contributed by atoms with Gasteiger partial charge in [-0.1, -0.05) is 11.6 Å². The zero-order chi connectivity index (χ0) is 12.8. The maximum Gasteiger partial charge on any atom is 0.341 e. The molecule has 0 fully saturated rings. The maximum absolute atomic E-state index is 11.7. The molecule has 17 heavy (non-hydrogen) atoms. The van der Waals surface area contributed by atoms with Gasteiger partial charge in [0.05, 0.1) is 13.7 Å². The Morgan fingerprint density at radius 2 is 2.18 bits per heavy atom. The molecular formula is C12H15ClO4. The number of aryl methyl sites for hydroxylation is 1. The van der Waals surface area contributed by atoms with Gasteiger partial charge in [0.25, 0.3) is 0 Å². The van der Waals surface area contributed by atoms with Gasteiger partial charge in [-0.05, 0) is 24.6 Å². The number of aliphatic hydroxyl groups excluding tert-OH is 1. The third kappa shape index (κ3) is 3.61. The summed E-state index contributed by atoms with van der Waals surface area (Å²) < 4.78 is 10.1. The molecule has 0 unspecified atom stereocenters. The molecule has 0 amide bonds. The molecule has 0 aliphatic rings. The van der Waals surface area contributed by atoms with E-state index >= 15 is 0 Å². The van der Waals surface area contributed by atoms with Crippen molar-refractivity contribution in [2.75, 3.05) is 20.3 Å². The molecule has 1 rings (SSSR count). The lowest BCUT2D eigenvalue weighted by molar-refractivity contribution is 0.0478. The summed E-state index contributed by atoms with van der Waals surface area (Å²) in [5.41, 5.74) is 1.12. The largest absolute Gasteiger partial charge is 0.496 e. The molecular weight excluding hydrogens is 244 g/mol. The number of aliphatic hydroxyl groups is 1. The first-order chi connectivity index (χ1) is 8.10. The van der Waals surface area contributed by atoms with Crippen LogP contribution < -0.4 is 4.74 Å². The second-order valence-corrected chi connectivity index (χ2v) is 3.92. The quantitative estimate of drug-likeness (QED) is 0.650. The zero-order valence-corrected chi connectivity index (χ0v) is 10.6. The lowest BCUT2D eigenvalue weighted by Crippen LogP contribution is -2.09. The van der Waals surface area contributed by atoms with Crippen LogP contribution in [0.25, 0.3) is 0 Å². The Morgan fingerprint density at radius 1 is 1.47 bits per heavy atom. The summed E-state index contributed by atoms with van der Waals surface area (Å²) in [4.78, 5) is 11.7. The minimum Gasteiger partial charge on any atom is -0.496 e. The first-order valence-corrected chi connectivity index (χ1v) is 5.60. The Kier molecular flexibility index (Phi) is 5.25. The van der Waals surface area contributed by atoms with Crippen LogP contribution in [0.15, 0.2) is 12.1 Å². The number of methoxy groups -OCH3 is 1. The molecule has 0 atom stereocenters. The predicted molar refractivity (Wildman–Crippen MR) is 64.7 cm³/mol. The summed E-state index contributed by atoms with van der Waals surface area (Å²) in [7, 11) is 1.48. The molecule has 0 aliphatic carbocycles. The van der Waals surface area contributed by atoms with Crippen molar-refractivity contribution >= 4 is 17.6 Å². The lowest BCUT2D eigenvalue weighted by atomic mass is 10.1. The number of rotatable bonds is 5. The minimum atomic E-state index is -0.503. The Bertz CT molecular complexity index is 404. The number of ether oxygens (including phenoxy) is 2. The molecule has 0 aliphatic heterocycles. The van der Waals surface area contributed by atoms with E-state index in [1.807, 2.05) is 6.92 Å². The van der Waals surface area contributed by atoms with E-state index in [1.165, 1.54) is 13.2 Å². The summed E-state index contributed by atoms with van der Waals surface area (Å²) in [6.07, 6.45) is 0.410. The molecule has 0 aromatic heterocycles. The highest BCUT2D eigenvalue weighted by molar-refractivity contribution is 6.31. The summed E-state index contributed by atoms with van der Waals surface area (Å²) in [6, 6.07) is 3.21. The fourth-order valence-corrected chi connectivity index (χ4v) is 1.45. The van der Waals surface area contributed by atoms with Crippen molar-refractivity contribution in [1.29, 1.82) is 0 Å². The SMILES string of the molecule is COc1cc(C)c(Cl)cc1C(=O)OCCCO. The van der Waals surface area contributed by atoms with E-state index in [2.05, 4.69) is 0 Å². The second-order valence-electron chi connectivity index (χ2n) is 3.51. The van der Waals surface area contributed by atoms with Crippen molar-refractivity contribution in [3.63, 3.8) is 0 Å². The van der Waals surface area contributed by atoms with E-state index in [1.54, 1.807) is 6.07 Å². The van der Waals surface area contributed by atoms with Gasteiger partial charge in [-0.3, -0.25) is 0 Å². The first-order valence-electron chi connectivity index (χ1n) is 5.22. The van der Waals surface area contributed by atoms with E-state index in [0.717, 1.165) is 5.56 Å². The molecule has 1 aromatic rings. The highest BCUT2D eigenvalue weighted by Gasteiger charge is 2.15. The number of carbonyl (C=O) groups excluding carboxylic acids is 1. The van der Waals surface area contributed by atoms with Gasteiger partial charge in [0.15, 0.2) is 0 Å². The van der Waals surface area contributed by atoms with Crippen molar-refractivity contribution in [3.05, 3.63) is 28.3 Å². The molecule has 0 radical (unpaired) electrons. The average molecular weight is 259 g/mol. The second kappa shape index (κ2) is 6.47. The third-order valence-corrected chi connectivity index (χ3v) is 2.64. The number of halogens is 1. The molecule has 94 valence electrons. The monoisotopic (exact) mass is 258 g/mol. The maximum atomic E-state index is 11.7. The van der Waals surface area contributed by atoms with Gasteiger partial charge in [0.2, 0.25) is 0 Å². The molecule has 0 spiro atoms. The van der Waals surface area contributed by atoms with Crippen LogP contribution in [0.4, 0.5) is 0 Å². The Morgan fingerprint density at radius 3 is 2.76 bits per heavy atom. The number of esters is 1. The topological polar surface area (TPSA) is 55.8 Å². The van der Waals surface area contributed by atoms with Crippen molar-refractivity contribution < 1.29 is 19.4 Å². The van der Waals surface area contributed by atoms with E-state index in [-0.39, 0.29) is 13.2 Å². The third-order valence-electron chi connectivity index (χ3n) is 2.24. The average Bonchev–Trinajstić information content (AvgIpc) is 2.32. The molecule has 4 nitrogen and oxygen atoms in total. The van der Waals surface area contributed by atoms with Crippen LogP contribution in [0.3, 0.4) is 0 Å². The highest BCUT2D eigenvalue weighted by atomic mass is 35.5. The van der Waals surface area contributed by atoms with Gasteiger partial charge < -0.3 is 14.6 Å². The standard InChI is InChI=1S/C12H15ClO4/c1-8-6-11(16-2)9(7-10(8)13)12(15)17-5-3-4-14/h6-7,14H,3-5H2,1-2H3. The molecule has 0 saturated carbocycles. The fraction of sp³-hybridized carbons (Fsp3) is 0.417. The summed E-state index contributed by atoms with van der Waals surface area (Å²) in [5, 5.41) is 9.08. The summed E-state index contributed by atoms with van der Waals surface area (Å²) in [5.74, 6) is -0.0712. The predicted octanol–water partition coefficient (Wildman–Crippen LogP) is 2.20. The van der Waals surface area contributed by atoms with E-state index in [4.69, 9.17) is 26.2 Å². The van der Waals surface area contributed by atoms with Gasteiger partial charge in [-0.15, -0.1) is 0 Å². The van der Waals surface area contributed by atoms with Gasteiger partial charge in [0, 0.05) is 18.1 Å². The lowest BCUT2D eigenvalue weighted by Gasteiger charge is -2.10. The van der Waals surface area contributed by atoms with Crippen molar-refractivity contribution in [3.8, 4) is 5.75 Å². The van der Waals surface area contributed by atoms with Gasteiger partial charge >= 0.3 is 5.97 Å². The number of hydrogen-bond acceptors (Lipinski definition) is 4. The van der Waals surface area contributed by atoms with E-state index < -0.39 is 5.97 Å². The summed E-state index contributed by atoms with van der Waals surface area (Å²) >= 11 is 5.94. The number of carbonyl (C=O) groups is 1. The molecule has 0 heterocycles. The van der Waals surface area contributed by atoms with E-state index in [0.29, 0.717) is 22.8 Å². The molecule has 0 bridgehead atoms. The first kappa shape index (κ1) is 13.8. The van der Waals surface area contributed by atoms with E-state index in [9.17, 15) is 4.79 Å². The molecule has 5 heteroatoms. The van der Waals surface area contributed by atoms with Gasteiger partial charge in [0.1, 0.15) is 11.3 Å². The minimum absolute atomic E-state index is 0.0148. The molecule has 0 saturated heterocycles. The number of benzene rings is 1. The fourth-order valence-electron chi connectivity index (χ4n) is 1.29. The van der Waals surface area contributed by atoms with Gasteiger partial charge in [-0.2, -0.15) is 0 Å². The molecule has 1 N–H and O–H groups in total. The van der Waals surface area contributed by atoms with Crippen LogP contribution in [0.2, 0.25) is 5.02 Å². The van der Waals surface area contributed by atoms with Crippen LogP contribution in [-0.4, -0.2) is 31.4 Å². The smallest absolute Gasteiger partial charge is 0.341 e. The normalized spacial score (nSPS) is 10.1. The Balaban J connectivity index is 2.88. The van der Waals surface area contributed by atoms with Crippen LogP contribution in [-0.2, 0) is 4.74 Å². The Labute approximate surface area is 105 Å². The van der Waals surface area contributed by atoms with Crippen LogP contribution in [0.5, 0.6) is 5.75 Å². The summed E-state index contributed by atoms with van der Waals surface area (Å²) in [6.45, 7) is 1.98. The highest BCUT2D eigenvalue weighted by Crippen LogP contribution is 2.27. The molecule has 1 aromatic carbocycles. The van der Waals surface area contributed by atoms with Gasteiger partial charge in [-0.25, -0.2) is 4.79 Å². The zero-order valence-electron chi connectivity index (χ0n) is 9.83. The van der Waals surface area contributed by atoms with Crippen LogP contribution in [0, 0.1) is 6.92 Å². The van der Waals surface area contributed by atoms with Crippen molar-refractivity contribution in [1.82, 2.24) is 0 Å². The van der Waals surface area contributed by atoms with Crippen LogP contribution >= 0.6 is 11.6 Å². The van der Waals surface area contributed by atoms with Crippen molar-refractivity contribution in [2.24, 2.45) is 0 Å². The Hall–Kier alpha value is -1.26. The number of hydrogen-bond donors (Lipinski definition) is 1. The van der Waals surface area contributed by atoms with Crippen molar-refractivity contribution in [2.45, 2.75) is 13.3 Å². The van der Waals surface area contributed by atoms with Crippen LogP contribution in [0.1, 0.15) is 22.3 Å².